The number of piperidine rings is 1. The fourth-order valence-corrected chi connectivity index (χ4v) is 5.26. The van der Waals surface area contributed by atoms with Gasteiger partial charge in [-0.15, -0.1) is 0 Å². The van der Waals surface area contributed by atoms with E-state index in [1.807, 2.05) is 18.2 Å². The highest BCUT2D eigenvalue weighted by Crippen LogP contribution is 2.30. The first-order valence-electron chi connectivity index (χ1n) is 12.2. The molecule has 0 aliphatic carbocycles. The number of aryl methyl sites for hydroxylation is 2. The highest BCUT2D eigenvalue weighted by atomic mass is 35.5. The van der Waals surface area contributed by atoms with E-state index in [1.54, 1.807) is 13.3 Å². The molecule has 0 spiro atoms. The second-order valence-corrected chi connectivity index (χ2v) is 9.60. The molecule has 2 aromatic carbocycles. The number of fused-ring (bicyclic) bond motifs is 1. The van der Waals surface area contributed by atoms with Crippen molar-refractivity contribution >= 4 is 22.5 Å². The van der Waals surface area contributed by atoms with Crippen LogP contribution < -0.4 is 4.74 Å². The highest BCUT2D eigenvalue weighted by Gasteiger charge is 2.24. The zero-order valence-corrected chi connectivity index (χ0v) is 20.3. The summed E-state index contributed by atoms with van der Waals surface area (Å²) >= 11 is 6.49. The van der Waals surface area contributed by atoms with Gasteiger partial charge < -0.3 is 14.7 Å². The van der Waals surface area contributed by atoms with E-state index in [1.165, 1.54) is 12.0 Å². The minimum absolute atomic E-state index is 0.238. The molecule has 1 aliphatic heterocycles. The van der Waals surface area contributed by atoms with Crippen LogP contribution in [0.4, 0.5) is 0 Å². The molecule has 2 heterocycles. The second kappa shape index (κ2) is 11.8. The summed E-state index contributed by atoms with van der Waals surface area (Å²) in [6.07, 6.45) is 8.56. The summed E-state index contributed by atoms with van der Waals surface area (Å²) in [4.78, 5) is 7.00. The minimum Gasteiger partial charge on any atom is -0.497 e. The zero-order valence-electron chi connectivity index (χ0n) is 19.5. The van der Waals surface area contributed by atoms with Crippen molar-refractivity contribution in [3.63, 3.8) is 0 Å². The molecule has 4 rings (SSSR count). The molecular weight excluding hydrogens is 432 g/mol. The van der Waals surface area contributed by atoms with Crippen molar-refractivity contribution in [3.05, 3.63) is 70.9 Å². The Morgan fingerprint density at radius 3 is 2.64 bits per heavy atom. The maximum absolute atomic E-state index is 10.8. The van der Waals surface area contributed by atoms with E-state index in [9.17, 15) is 5.11 Å². The molecule has 0 saturated carbocycles. The lowest BCUT2D eigenvalue weighted by atomic mass is 9.88. The number of aromatic nitrogens is 1. The molecule has 1 fully saturated rings. The van der Waals surface area contributed by atoms with Gasteiger partial charge in [-0.25, -0.2) is 0 Å². The topological polar surface area (TPSA) is 45.6 Å². The smallest absolute Gasteiger partial charge is 0.119 e. The van der Waals surface area contributed by atoms with Crippen molar-refractivity contribution in [2.24, 2.45) is 5.92 Å². The average Bonchev–Trinajstić information content (AvgIpc) is 2.86. The van der Waals surface area contributed by atoms with Gasteiger partial charge in [0.2, 0.25) is 0 Å². The summed E-state index contributed by atoms with van der Waals surface area (Å²) in [7, 11) is 1.67. The number of nitrogens with zero attached hydrogens (tertiary/aromatic N) is 2. The van der Waals surface area contributed by atoms with Gasteiger partial charge in [0.05, 0.1) is 23.8 Å². The van der Waals surface area contributed by atoms with Gasteiger partial charge in [0.25, 0.3) is 0 Å². The lowest BCUT2D eigenvalue weighted by molar-refractivity contribution is 0.0522. The molecule has 4 nitrogen and oxygen atoms in total. The van der Waals surface area contributed by atoms with Crippen LogP contribution in [0.5, 0.6) is 5.75 Å². The number of rotatable bonds is 10. The number of benzene rings is 2. The molecule has 1 unspecified atom stereocenters. The summed E-state index contributed by atoms with van der Waals surface area (Å²) in [6, 6.07) is 16.6. The fraction of sp³-hybridized carbons (Fsp3) is 0.464. The van der Waals surface area contributed by atoms with Gasteiger partial charge in [0, 0.05) is 11.6 Å². The Morgan fingerprint density at radius 1 is 1.09 bits per heavy atom. The molecule has 1 N–H and O–H groups in total. The molecule has 0 amide bonds. The molecule has 0 radical (unpaired) electrons. The van der Waals surface area contributed by atoms with Crippen LogP contribution in [0, 0.1) is 5.92 Å². The molecular formula is C28H35ClN2O2. The van der Waals surface area contributed by atoms with E-state index in [2.05, 4.69) is 40.2 Å². The molecule has 0 bridgehead atoms. The average molecular weight is 467 g/mol. The van der Waals surface area contributed by atoms with Crippen molar-refractivity contribution < 1.29 is 9.84 Å². The standard InChI is InChI=1S/C28H35ClN2O2/c1-33-23-12-13-27-25(19-23)24(26(29)20-30-27)10-5-11-28(32)22-14-17-31(18-15-22)16-6-9-21-7-3-2-4-8-21/h2-4,7-8,12-13,19-20,22,28,32H,5-6,9-11,14-18H2,1H3. The first kappa shape index (κ1) is 24.0. The predicted octanol–water partition coefficient (Wildman–Crippen LogP) is 5.93. The Hall–Kier alpha value is -2.14. The van der Waals surface area contributed by atoms with Gasteiger partial charge >= 0.3 is 0 Å². The van der Waals surface area contributed by atoms with Gasteiger partial charge in [0.15, 0.2) is 0 Å². The van der Waals surface area contributed by atoms with E-state index >= 15 is 0 Å². The number of ether oxygens (including phenoxy) is 1. The molecule has 33 heavy (non-hydrogen) atoms. The summed E-state index contributed by atoms with van der Waals surface area (Å²) < 4.78 is 5.38. The Labute approximate surface area is 202 Å². The van der Waals surface area contributed by atoms with Crippen LogP contribution in [-0.2, 0) is 12.8 Å². The van der Waals surface area contributed by atoms with Crippen LogP contribution in [0.3, 0.4) is 0 Å². The van der Waals surface area contributed by atoms with Gasteiger partial charge in [-0.2, -0.15) is 0 Å². The number of pyridine rings is 1. The largest absolute Gasteiger partial charge is 0.497 e. The van der Waals surface area contributed by atoms with Crippen LogP contribution in [0.15, 0.2) is 54.7 Å². The summed E-state index contributed by atoms with van der Waals surface area (Å²) in [5.74, 6) is 1.21. The number of hydrogen-bond acceptors (Lipinski definition) is 4. The maximum atomic E-state index is 10.8. The van der Waals surface area contributed by atoms with Gasteiger partial charge in [-0.05, 0) is 99.8 Å². The van der Waals surface area contributed by atoms with Crippen LogP contribution in [0.25, 0.3) is 10.9 Å². The Balaban J connectivity index is 1.22. The predicted molar refractivity (Wildman–Crippen MR) is 136 cm³/mol. The van der Waals surface area contributed by atoms with Crippen molar-refractivity contribution in [2.75, 3.05) is 26.7 Å². The van der Waals surface area contributed by atoms with Crippen molar-refractivity contribution in [1.29, 1.82) is 0 Å². The molecule has 1 aromatic heterocycles. The van der Waals surface area contributed by atoms with Gasteiger partial charge in [-0.3, -0.25) is 4.98 Å². The number of aliphatic hydroxyl groups excluding tert-OH is 1. The zero-order chi connectivity index (χ0) is 23.0. The normalized spacial score (nSPS) is 16.2. The highest BCUT2D eigenvalue weighted by molar-refractivity contribution is 6.32. The number of likely N-dealkylation sites (tertiary alicyclic amines) is 1. The van der Waals surface area contributed by atoms with Gasteiger partial charge in [0.1, 0.15) is 5.75 Å². The Bertz CT molecular complexity index is 1020. The Morgan fingerprint density at radius 2 is 1.88 bits per heavy atom. The van der Waals surface area contributed by atoms with E-state index in [-0.39, 0.29) is 6.10 Å². The van der Waals surface area contributed by atoms with Gasteiger partial charge in [-0.1, -0.05) is 41.9 Å². The SMILES string of the molecule is COc1ccc2ncc(Cl)c(CCCC(O)C3CCN(CCCc4ccccc4)CC3)c2c1. The second-order valence-electron chi connectivity index (χ2n) is 9.20. The third kappa shape index (κ3) is 6.47. The third-order valence-corrected chi connectivity index (χ3v) is 7.35. The molecule has 176 valence electrons. The number of aliphatic hydroxyl groups is 1. The molecule has 1 saturated heterocycles. The van der Waals surface area contributed by atoms with E-state index in [4.69, 9.17) is 16.3 Å². The maximum Gasteiger partial charge on any atom is 0.119 e. The summed E-state index contributed by atoms with van der Waals surface area (Å²) in [5.41, 5.74) is 3.44. The Kier molecular flexibility index (Phi) is 8.60. The van der Waals surface area contributed by atoms with Crippen molar-refractivity contribution in [2.45, 2.75) is 51.0 Å². The molecule has 1 atom stereocenters. The quantitative estimate of drug-likeness (QED) is 0.402. The van der Waals surface area contributed by atoms with Crippen molar-refractivity contribution in [3.8, 4) is 5.75 Å². The van der Waals surface area contributed by atoms with Crippen LogP contribution in [0.1, 0.15) is 43.2 Å². The van der Waals surface area contributed by atoms with Crippen molar-refractivity contribution in [1.82, 2.24) is 9.88 Å². The molecule has 3 aromatic rings. The number of hydrogen-bond donors (Lipinski definition) is 1. The van der Waals surface area contributed by atoms with E-state index in [0.717, 1.165) is 80.4 Å². The van der Waals surface area contributed by atoms with E-state index < -0.39 is 0 Å². The number of methoxy groups -OCH3 is 1. The molecule has 1 aliphatic rings. The monoisotopic (exact) mass is 466 g/mol. The summed E-state index contributed by atoms with van der Waals surface area (Å²) in [5, 5.41) is 12.6. The summed E-state index contributed by atoms with van der Waals surface area (Å²) in [6.45, 7) is 3.34. The van der Waals surface area contributed by atoms with Crippen LogP contribution in [0.2, 0.25) is 5.02 Å². The minimum atomic E-state index is -0.238. The first-order chi connectivity index (χ1) is 16.1. The lowest BCUT2D eigenvalue weighted by Crippen LogP contribution is -2.38. The lowest BCUT2D eigenvalue weighted by Gasteiger charge is -2.34. The third-order valence-electron chi connectivity index (χ3n) is 7.02. The molecule has 5 heteroatoms. The first-order valence-corrected chi connectivity index (χ1v) is 12.6. The van der Waals surface area contributed by atoms with Crippen LogP contribution >= 0.6 is 11.6 Å². The fourth-order valence-electron chi connectivity index (χ4n) is 5.02. The van der Waals surface area contributed by atoms with E-state index in [0.29, 0.717) is 10.9 Å². The van der Waals surface area contributed by atoms with Crippen LogP contribution in [-0.4, -0.2) is 47.8 Å². The number of halogens is 1.